The van der Waals surface area contributed by atoms with Crippen LogP contribution in [0.2, 0.25) is 0 Å². The van der Waals surface area contributed by atoms with Gasteiger partial charge >= 0.3 is 0 Å². The van der Waals surface area contributed by atoms with Crippen molar-refractivity contribution in [2.45, 2.75) is 0 Å². The Labute approximate surface area is 443 Å². The summed E-state index contributed by atoms with van der Waals surface area (Å²) in [5.74, 6) is 2.19. The summed E-state index contributed by atoms with van der Waals surface area (Å²) < 4.78 is 17.9. The van der Waals surface area contributed by atoms with Crippen LogP contribution < -0.4 is 0 Å². The van der Waals surface area contributed by atoms with Gasteiger partial charge in [0.25, 0.3) is 0 Å². The smallest absolute Gasteiger partial charge is 0.238 e. The molecule has 0 fully saturated rings. The molecule has 0 saturated carbocycles. The van der Waals surface area contributed by atoms with E-state index in [9.17, 15) is 0 Å². The molecule has 362 valence electrons. The largest absolute Gasteiger partial charge is 0.455 e. The monoisotopic (exact) mass is 997 g/mol. The fourth-order valence-electron chi connectivity index (χ4n) is 12.1. The van der Waals surface area contributed by atoms with Gasteiger partial charge in [-0.15, -0.1) is 0 Å². The van der Waals surface area contributed by atoms with E-state index in [0.29, 0.717) is 23.5 Å². The van der Waals surface area contributed by atoms with Crippen LogP contribution in [-0.4, -0.2) is 34.1 Å². The van der Waals surface area contributed by atoms with Crippen molar-refractivity contribution >= 4 is 109 Å². The number of nitrogens with zero attached hydrogens (tertiary/aromatic N) is 7. The third-order valence-electron chi connectivity index (χ3n) is 15.6. The van der Waals surface area contributed by atoms with Crippen LogP contribution in [0.5, 0.6) is 0 Å². The number of para-hydroxylation sites is 4. The number of rotatable bonds is 6. The lowest BCUT2D eigenvalue weighted by Gasteiger charge is -2.14. The van der Waals surface area contributed by atoms with E-state index in [1.54, 1.807) is 0 Å². The van der Waals surface area contributed by atoms with Crippen molar-refractivity contribution in [3.05, 3.63) is 237 Å². The molecule has 6 heterocycles. The van der Waals surface area contributed by atoms with Crippen LogP contribution in [0.1, 0.15) is 0 Å². The minimum atomic E-state index is 0.509. The molecule has 11 aromatic carbocycles. The molecule has 0 aliphatic carbocycles. The second-order valence-electron chi connectivity index (χ2n) is 19.9. The zero-order valence-corrected chi connectivity index (χ0v) is 41.5. The highest BCUT2D eigenvalue weighted by atomic mass is 16.3. The Morgan fingerprint density at radius 1 is 0.282 bits per heavy atom. The van der Waals surface area contributed by atoms with Gasteiger partial charge in [0.1, 0.15) is 22.3 Å². The first-order valence-corrected chi connectivity index (χ1v) is 26.1. The molecular weight excluding hydrogens is 959 g/mol. The average Bonchev–Trinajstić information content (AvgIpc) is 4.45. The van der Waals surface area contributed by atoms with Crippen LogP contribution in [0.25, 0.3) is 166 Å². The molecule has 0 N–H and O–H groups in total. The van der Waals surface area contributed by atoms with Crippen molar-refractivity contribution < 1.29 is 8.83 Å². The lowest BCUT2D eigenvalue weighted by atomic mass is 9.98. The summed E-state index contributed by atoms with van der Waals surface area (Å²) in [5.41, 5.74) is 13.5. The molecule has 0 aliphatic rings. The molecule has 0 atom stereocenters. The average molecular weight is 998 g/mol. The summed E-state index contributed by atoms with van der Waals surface area (Å²) in [6, 6.07) is 81.8. The summed E-state index contributed by atoms with van der Waals surface area (Å²) in [6.07, 6.45) is 0. The molecule has 17 rings (SSSR count). The van der Waals surface area contributed by atoms with Crippen LogP contribution in [0.4, 0.5) is 0 Å². The van der Waals surface area contributed by atoms with Crippen molar-refractivity contribution in [2.75, 3.05) is 0 Å². The molecule has 17 aromatic rings. The summed E-state index contributed by atoms with van der Waals surface area (Å²) in [4.78, 5) is 26.8. The number of hydrogen-bond donors (Lipinski definition) is 0. The van der Waals surface area contributed by atoms with Gasteiger partial charge in [-0.2, -0.15) is 9.97 Å². The molecule has 0 aliphatic heterocycles. The van der Waals surface area contributed by atoms with Gasteiger partial charge in [0.05, 0.1) is 33.1 Å². The number of aromatic nitrogens is 7. The first kappa shape index (κ1) is 42.6. The quantitative estimate of drug-likeness (QED) is 0.164. The zero-order chi connectivity index (χ0) is 51.0. The predicted molar refractivity (Wildman–Crippen MR) is 315 cm³/mol. The van der Waals surface area contributed by atoms with Crippen LogP contribution in [0, 0.1) is 0 Å². The van der Waals surface area contributed by atoms with Gasteiger partial charge < -0.3 is 8.83 Å². The maximum atomic E-state index is 6.89. The molecule has 0 bridgehead atoms. The minimum absolute atomic E-state index is 0.509. The van der Waals surface area contributed by atoms with Gasteiger partial charge in [-0.05, 0) is 76.5 Å². The van der Waals surface area contributed by atoms with Crippen molar-refractivity contribution in [2.24, 2.45) is 0 Å². The second-order valence-corrected chi connectivity index (χ2v) is 19.9. The summed E-state index contributed by atoms with van der Waals surface area (Å²) in [7, 11) is 0. The van der Waals surface area contributed by atoms with E-state index < -0.39 is 0 Å². The second kappa shape index (κ2) is 16.4. The molecule has 0 amide bonds. The van der Waals surface area contributed by atoms with Crippen molar-refractivity contribution in [1.29, 1.82) is 0 Å². The van der Waals surface area contributed by atoms with E-state index >= 15 is 0 Å². The number of fused-ring (bicyclic) bond motifs is 18. The molecule has 78 heavy (non-hydrogen) atoms. The van der Waals surface area contributed by atoms with E-state index in [-0.39, 0.29) is 0 Å². The maximum absolute atomic E-state index is 6.89. The minimum Gasteiger partial charge on any atom is -0.455 e. The molecule has 9 heteroatoms. The SMILES string of the molecule is c1ccc(-c2nc(-c3cccc(-c4ccc5nc(-n6c7ccccc7c7c8ccccc8c8c9ccccc9oc8c76)nc(-c6ccccc6)c5c4)c3)nc(-n3c4ccccc4c4c5oc6ccccc6c5ccc43)n2)cc1. The zero-order valence-electron chi connectivity index (χ0n) is 41.5. The van der Waals surface area contributed by atoms with E-state index in [0.717, 1.165) is 143 Å². The third kappa shape index (κ3) is 6.21. The van der Waals surface area contributed by atoms with Gasteiger partial charge in [0.2, 0.25) is 11.9 Å². The Morgan fingerprint density at radius 3 is 1.60 bits per heavy atom. The molecule has 0 unspecified atom stereocenters. The Balaban J connectivity index is 0.853. The van der Waals surface area contributed by atoms with Gasteiger partial charge in [-0.3, -0.25) is 9.13 Å². The van der Waals surface area contributed by atoms with Crippen molar-refractivity contribution in [3.8, 4) is 57.1 Å². The number of furan rings is 2. The van der Waals surface area contributed by atoms with Gasteiger partial charge in [-0.25, -0.2) is 15.0 Å². The third-order valence-corrected chi connectivity index (χ3v) is 15.6. The highest BCUT2D eigenvalue weighted by Gasteiger charge is 2.26. The van der Waals surface area contributed by atoms with Gasteiger partial charge in [0.15, 0.2) is 17.2 Å². The molecule has 9 nitrogen and oxygen atoms in total. The van der Waals surface area contributed by atoms with Crippen LogP contribution in [-0.2, 0) is 0 Å². The van der Waals surface area contributed by atoms with Crippen molar-refractivity contribution in [3.63, 3.8) is 0 Å². The van der Waals surface area contributed by atoms with E-state index in [1.807, 2.05) is 60.7 Å². The molecule has 6 aromatic heterocycles. The number of hydrogen-bond acceptors (Lipinski definition) is 7. The maximum Gasteiger partial charge on any atom is 0.238 e. The Hall–Kier alpha value is -10.8. The highest BCUT2D eigenvalue weighted by molar-refractivity contribution is 6.35. The molecule has 0 spiro atoms. The predicted octanol–water partition coefficient (Wildman–Crippen LogP) is 17.6. The van der Waals surface area contributed by atoms with Crippen LogP contribution in [0.3, 0.4) is 0 Å². The molecule has 0 radical (unpaired) electrons. The first-order valence-electron chi connectivity index (χ1n) is 26.1. The van der Waals surface area contributed by atoms with Crippen LogP contribution in [0.15, 0.2) is 245 Å². The van der Waals surface area contributed by atoms with Crippen molar-refractivity contribution in [1.82, 2.24) is 34.1 Å². The lowest BCUT2D eigenvalue weighted by Crippen LogP contribution is -2.06. The van der Waals surface area contributed by atoms with Gasteiger partial charge in [-0.1, -0.05) is 182 Å². The Bertz CT molecular complexity index is 5340. The van der Waals surface area contributed by atoms with Gasteiger partial charge in [0, 0.05) is 59.8 Å². The topological polar surface area (TPSA) is 101 Å². The Kier molecular flexibility index (Phi) is 8.93. The summed E-state index contributed by atoms with van der Waals surface area (Å²) in [5, 5.41) is 11.8. The Morgan fingerprint density at radius 2 is 0.833 bits per heavy atom. The molecule has 0 saturated heterocycles. The fraction of sp³-hybridized carbons (Fsp3) is 0. The van der Waals surface area contributed by atoms with E-state index in [4.69, 9.17) is 33.8 Å². The van der Waals surface area contributed by atoms with Crippen LogP contribution >= 0.6 is 0 Å². The first-order chi connectivity index (χ1) is 38.7. The molecular formula is C69H39N7O2. The van der Waals surface area contributed by atoms with E-state index in [2.05, 4.69) is 185 Å². The fourth-order valence-corrected chi connectivity index (χ4v) is 12.1. The highest BCUT2D eigenvalue weighted by Crippen LogP contribution is 2.46. The number of benzene rings is 11. The normalized spacial score (nSPS) is 12.1. The summed E-state index contributed by atoms with van der Waals surface area (Å²) >= 11 is 0. The lowest BCUT2D eigenvalue weighted by molar-refractivity contribution is 0.671. The standard InChI is InChI=1S/C69H39N7O2/c1-3-18-40(19-4-1)62-52-39-43(34-36-53(52)70-68(71-62)76-55-31-14-9-27-49(55)59-46-25-7-8-26-47(46)60-51-29-12-16-33-58(51)78-65(60)63(59)76)42-22-17-23-44(38-42)67-72-66(41-20-5-2-6-21-41)73-69(74-67)75-54-30-13-10-28-50(54)61-56(75)37-35-48-45-24-11-15-32-57(45)77-64(48)61/h1-39H. The van der Waals surface area contributed by atoms with E-state index in [1.165, 1.54) is 0 Å². The summed E-state index contributed by atoms with van der Waals surface area (Å²) in [6.45, 7) is 0.